The number of anilines is 2. The van der Waals surface area contributed by atoms with Gasteiger partial charge in [-0.1, -0.05) is 30.1 Å². The summed E-state index contributed by atoms with van der Waals surface area (Å²) in [5.74, 6) is -0.515. The molecule has 0 aliphatic carbocycles. The van der Waals surface area contributed by atoms with Gasteiger partial charge >= 0.3 is 0 Å². The maximum Gasteiger partial charge on any atom is 0.271 e. The lowest BCUT2D eigenvalue weighted by molar-refractivity contribution is -0.384. The Hall–Kier alpha value is -3.17. The topological polar surface area (TPSA) is 130 Å². The predicted octanol–water partition coefficient (Wildman–Crippen LogP) is 4.02. The molecule has 0 atom stereocenters. The van der Waals surface area contributed by atoms with Crippen LogP contribution in [0, 0.1) is 10.1 Å². The summed E-state index contributed by atoms with van der Waals surface area (Å²) in [4.78, 5) is 42.4. The average molecular weight is 436 g/mol. The summed E-state index contributed by atoms with van der Waals surface area (Å²) >= 11 is 11.9. The number of nitrogens with zero attached hydrogens (tertiary/aromatic N) is 2. The van der Waals surface area contributed by atoms with Crippen LogP contribution in [0.1, 0.15) is 23.7 Å². The van der Waals surface area contributed by atoms with Crippen LogP contribution in [0.4, 0.5) is 17.3 Å². The second-order valence-corrected chi connectivity index (χ2v) is 6.89. The summed E-state index contributed by atoms with van der Waals surface area (Å²) in [6.07, 6.45) is 0.677. The lowest BCUT2D eigenvalue weighted by Crippen LogP contribution is -2.25. The summed E-state index contributed by atoms with van der Waals surface area (Å²) in [7, 11) is 0. The third-order valence-electron chi connectivity index (χ3n) is 3.97. The number of carbonyl (C=O) groups is 1. The largest absolute Gasteiger partial charge is 0.352 e. The number of nitrogens with one attached hydrogen (secondary N) is 3. The van der Waals surface area contributed by atoms with Crippen molar-refractivity contribution in [1.29, 1.82) is 0 Å². The van der Waals surface area contributed by atoms with Gasteiger partial charge in [0.1, 0.15) is 0 Å². The molecule has 1 aromatic heterocycles. The molecule has 0 spiro atoms. The van der Waals surface area contributed by atoms with E-state index in [-0.39, 0.29) is 28.1 Å². The van der Waals surface area contributed by atoms with Gasteiger partial charge < -0.3 is 10.6 Å². The van der Waals surface area contributed by atoms with Gasteiger partial charge in [-0.3, -0.25) is 24.7 Å². The monoisotopic (exact) mass is 435 g/mol. The fourth-order valence-electron chi connectivity index (χ4n) is 2.61. The van der Waals surface area contributed by atoms with E-state index in [0.29, 0.717) is 28.7 Å². The van der Waals surface area contributed by atoms with Crippen molar-refractivity contribution in [2.24, 2.45) is 0 Å². The number of rotatable bonds is 6. The molecule has 0 fully saturated rings. The van der Waals surface area contributed by atoms with Crippen LogP contribution in [0.3, 0.4) is 0 Å². The van der Waals surface area contributed by atoms with Gasteiger partial charge in [-0.15, -0.1) is 0 Å². The van der Waals surface area contributed by atoms with Crippen molar-refractivity contribution in [3.8, 4) is 0 Å². The van der Waals surface area contributed by atoms with Crippen LogP contribution in [0.25, 0.3) is 10.9 Å². The van der Waals surface area contributed by atoms with Gasteiger partial charge in [-0.25, -0.2) is 4.98 Å². The predicted molar refractivity (Wildman–Crippen MR) is 111 cm³/mol. The van der Waals surface area contributed by atoms with Gasteiger partial charge in [0.15, 0.2) is 0 Å². The maximum atomic E-state index is 12.5. The normalized spacial score (nSPS) is 10.7. The summed E-state index contributed by atoms with van der Waals surface area (Å²) < 4.78 is 0. The third-order valence-corrected chi connectivity index (χ3v) is 4.71. The zero-order valence-corrected chi connectivity index (χ0v) is 16.6. The highest BCUT2D eigenvalue weighted by molar-refractivity contribution is 6.42. The number of H-pyrrole nitrogens is 1. The van der Waals surface area contributed by atoms with Crippen LogP contribution in [0.5, 0.6) is 0 Å². The number of amides is 1. The number of hydrogen-bond acceptors (Lipinski definition) is 6. The van der Waals surface area contributed by atoms with Gasteiger partial charge in [0.2, 0.25) is 5.95 Å². The molecule has 9 nitrogen and oxygen atoms in total. The molecule has 1 amide bonds. The molecule has 0 unspecified atom stereocenters. The van der Waals surface area contributed by atoms with E-state index in [2.05, 4.69) is 20.6 Å². The molecular weight excluding hydrogens is 421 g/mol. The maximum absolute atomic E-state index is 12.5. The van der Waals surface area contributed by atoms with Crippen molar-refractivity contribution in [3.63, 3.8) is 0 Å². The number of fused-ring (bicyclic) bond motifs is 1. The van der Waals surface area contributed by atoms with Gasteiger partial charge in [0.25, 0.3) is 17.2 Å². The molecule has 0 aliphatic heterocycles. The van der Waals surface area contributed by atoms with Crippen molar-refractivity contribution in [3.05, 3.63) is 66.4 Å². The Morgan fingerprint density at radius 2 is 2.00 bits per heavy atom. The second-order valence-electron chi connectivity index (χ2n) is 6.07. The molecule has 2 aromatic carbocycles. The Kier molecular flexibility index (Phi) is 6.00. The van der Waals surface area contributed by atoms with E-state index >= 15 is 0 Å². The SMILES string of the molecule is CCCNC(=O)c1cc([N+](=O)[O-])cc2c(=O)[nH]c(Nc3ccc(Cl)c(Cl)c3)nc12. The van der Waals surface area contributed by atoms with Gasteiger partial charge in [0.05, 0.1) is 31.4 Å². The van der Waals surface area contributed by atoms with E-state index in [1.54, 1.807) is 18.2 Å². The molecule has 0 saturated carbocycles. The zero-order valence-electron chi connectivity index (χ0n) is 15.1. The molecule has 29 heavy (non-hydrogen) atoms. The number of nitro groups is 1. The average Bonchev–Trinajstić information content (AvgIpc) is 2.68. The molecular formula is C18H15Cl2N5O4. The number of benzene rings is 2. The summed E-state index contributed by atoms with van der Waals surface area (Å²) in [5, 5.41) is 17.3. The number of nitro benzene ring substituents is 1. The van der Waals surface area contributed by atoms with Crippen molar-refractivity contribution < 1.29 is 9.72 Å². The summed E-state index contributed by atoms with van der Waals surface area (Å²) in [6.45, 7) is 2.24. The van der Waals surface area contributed by atoms with E-state index in [1.165, 1.54) is 0 Å². The number of hydrogen-bond donors (Lipinski definition) is 3. The Morgan fingerprint density at radius 1 is 1.24 bits per heavy atom. The van der Waals surface area contributed by atoms with Crippen LogP contribution >= 0.6 is 23.2 Å². The standard InChI is InChI=1S/C18H15Cl2N5O4/c1-2-5-21-16(26)11-7-10(25(28)29)8-12-15(11)23-18(24-17(12)27)22-9-3-4-13(19)14(20)6-9/h3-4,6-8H,2,5H2,1H3,(H,21,26)(H2,22,23,24,27). The van der Waals surface area contributed by atoms with E-state index in [1.807, 2.05) is 6.92 Å². The number of aromatic amines is 1. The van der Waals surface area contributed by atoms with Crippen LogP contribution in [0.15, 0.2) is 35.1 Å². The Balaban J connectivity index is 2.14. The minimum atomic E-state index is -0.669. The smallest absolute Gasteiger partial charge is 0.271 e. The molecule has 0 bridgehead atoms. The first kappa shape index (κ1) is 20.6. The molecule has 150 valence electrons. The molecule has 3 rings (SSSR count). The lowest BCUT2D eigenvalue weighted by atomic mass is 10.1. The quantitative estimate of drug-likeness (QED) is 0.395. The lowest BCUT2D eigenvalue weighted by Gasteiger charge is -2.10. The first-order chi connectivity index (χ1) is 13.8. The number of aromatic nitrogens is 2. The highest BCUT2D eigenvalue weighted by atomic mass is 35.5. The van der Waals surface area contributed by atoms with E-state index in [4.69, 9.17) is 23.2 Å². The molecule has 3 aromatic rings. The van der Waals surface area contributed by atoms with Crippen molar-refractivity contribution >= 4 is 57.3 Å². The fraction of sp³-hybridized carbons (Fsp3) is 0.167. The van der Waals surface area contributed by atoms with Gasteiger partial charge in [0, 0.05) is 24.4 Å². The van der Waals surface area contributed by atoms with Crippen LogP contribution in [0.2, 0.25) is 10.0 Å². The zero-order chi connectivity index (χ0) is 21.1. The second kappa shape index (κ2) is 8.46. The minimum absolute atomic E-state index is 0.0375. The van der Waals surface area contributed by atoms with Crippen LogP contribution in [-0.4, -0.2) is 27.3 Å². The first-order valence-corrected chi connectivity index (χ1v) is 9.28. The number of non-ortho nitro benzene ring substituents is 1. The van der Waals surface area contributed by atoms with Crippen molar-refractivity contribution in [2.75, 3.05) is 11.9 Å². The molecule has 0 saturated heterocycles. The molecule has 11 heteroatoms. The molecule has 0 aliphatic rings. The molecule has 3 N–H and O–H groups in total. The summed E-state index contributed by atoms with van der Waals surface area (Å²) in [6, 6.07) is 6.92. The van der Waals surface area contributed by atoms with Crippen LogP contribution < -0.4 is 16.2 Å². The number of carbonyl (C=O) groups excluding carboxylic acids is 1. The van der Waals surface area contributed by atoms with Crippen molar-refractivity contribution in [1.82, 2.24) is 15.3 Å². The first-order valence-electron chi connectivity index (χ1n) is 8.53. The number of halogens is 2. The van der Waals surface area contributed by atoms with Gasteiger partial charge in [-0.2, -0.15) is 0 Å². The van der Waals surface area contributed by atoms with E-state index < -0.39 is 16.4 Å². The highest BCUT2D eigenvalue weighted by Crippen LogP contribution is 2.27. The van der Waals surface area contributed by atoms with Crippen molar-refractivity contribution in [2.45, 2.75) is 13.3 Å². The Morgan fingerprint density at radius 3 is 2.66 bits per heavy atom. The van der Waals surface area contributed by atoms with Gasteiger partial charge in [-0.05, 0) is 24.6 Å². The Bertz CT molecular complexity index is 1180. The highest BCUT2D eigenvalue weighted by Gasteiger charge is 2.20. The third kappa shape index (κ3) is 4.47. The molecule has 1 heterocycles. The van der Waals surface area contributed by atoms with E-state index in [9.17, 15) is 19.7 Å². The minimum Gasteiger partial charge on any atom is -0.352 e. The Labute approximate surface area is 174 Å². The molecule has 0 radical (unpaired) electrons. The summed E-state index contributed by atoms with van der Waals surface area (Å²) in [5.41, 5.74) is -0.537. The van der Waals surface area contributed by atoms with Crippen LogP contribution in [-0.2, 0) is 0 Å². The van der Waals surface area contributed by atoms with E-state index in [0.717, 1.165) is 12.1 Å². The fourth-order valence-corrected chi connectivity index (χ4v) is 2.91.